The van der Waals surface area contributed by atoms with Crippen LogP contribution >= 0.6 is 21.6 Å². The standard InChI is InChI=1S/C39H38N2O9S2/c1-17-12-23-30(44)19-4-2-6-24-28(19)32(46)38(23,26(43)13-17)16-51-52-35-20-8-7-18-21-5-3-10-37(21,22-9-11-40-34(41-35)29(22)27(18)20)15-39(48)31(45)25(14-42)50-36(49-24)33(39)47/h2,4,6-7,9,11-13,21,23,25,31,33,35-36,42-43,45,47-48H,3,5,8,10,14-16H2,1H3,(H,40,41). The van der Waals surface area contributed by atoms with Crippen molar-refractivity contribution in [3.05, 3.63) is 93.4 Å². The lowest BCUT2D eigenvalue weighted by Gasteiger charge is -2.54. The largest absolute Gasteiger partial charge is 0.511 e. The lowest BCUT2D eigenvalue weighted by molar-refractivity contribution is -0.318. The highest BCUT2D eigenvalue weighted by Gasteiger charge is 2.64. The minimum Gasteiger partial charge on any atom is -0.511 e. The number of allylic oxidation sites excluding steroid dienone is 7. The van der Waals surface area contributed by atoms with E-state index in [0.717, 1.165) is 29.5 Å². The van der Waals surface area contributed by atoms with Gasteiger partial charge in [-0.1, -0.05) is 57.9 Å². The average Bonchev–Trinajstić information content (AvgIpc) is 3.77. The van der Waals surface area contributed by atoms with Crippen LogP contribution in [-0.2, 0) is 10.2 Å². The molecule has 9 aliphatic rings. The number of hydrogen-bond acceptors (Lipinski definition) is 13. The summed E-state index contributed by atoms with van der Waals surface area (Å²) in [6, 6.07) is 6.61. The van der Waals surface area contributed by atoms with Crippen LogP contribution in [0, 0.1) is 17.3 Å². The van der Waals surface area contributed by atoms with E-state index in [0.29, 0.717) is 24.2 Å². The summed E-state index contributed by atoms with van der Waals surface area (Å²) in [5.74, 6) is -1.36. The zero-order chi connectivity index (χ0) is 35.9. The maximum absolute atomic E-state index is 15.0. The van der Waals surface area contributed by atoms with Gasteiger partial charge in [0.05, 0.1) is 18.1 Å². The van der Waals surface area contributed by atoms with Gasteiger partial charge >= 0.3 is 0 Å². The number of aliphatic hydroxyl groups is 5. The molecule has 10 atom stereocenters. The number of fused-ring (bicyclic) bond motifs is 2. The number of anilines is 1. The van der Waals surface area contributed by atoms with E-state index in [2.05, 4.69) is 11.4 Å². The Balaban J connectivity index is 1.20. The fourth-order valence-electron chi connectivity index (χ4n) is 10.7. The van der Waals surface area contributed by atoms with Crippen LogP contribution in [0.15, 0.2) is 71.2 Å². The summed E-state index contributed by atoms with van der Waals surface area (Å²) in [5, 5.41) is 62.2. The first-order valence-electron chi connectivity index (χ1n) is 17.8. The molecule has 52 heavy (non-hydrogen) atoms. The molecule has 6 N–H and O–H groups in total. The quantitative estimate of drug-likeness (QED) is 0.227. The Morgan fingerprint density at radius 3 is 2.81 bits per heavy atom. The zero-order valence-corrected chi connectivity index (χ0v) is 29.9. The first kappa shape index (κ1) is 33.2. The van der Waals surface area contributed by atoms with Gasteiger partial charge in [0, 0.05) is 28.5 Å². The number of ketones is 2. The maximum atomic E-state index is 15.0. The number of hydrogen-bond donors (Lipinski definition) is 6. The van der Waals surface area contributed by atoms with Gasteiger partial charge < -0.3 is 40.3 Å². The number of Topliss-reactive ketones (excluding diaryl/α,β-unsaturated/α-hetero) is 2. The normalized spacial score (nSPS) is 39.8. The number of nitrogens with one attached hydrogen (secondary N) is 1. The van der Waals surface area contributed by atoms with Gasteiger partial charge in [-0.3, -0.25) is 9.59 Å². The van der Waals surface area contributed by atoms with Gasteiger partial charge in [-0.05, 0) is 79.0 Å². The van der Waals surface area contributed by atoms with Crippen LogP contribution in [0.4, 0.5) is 5.82 Å². The average molecular weight is 743 g/mol. The molecule has 2 aromatic rings. The number of nitrogens with zero attached hydrogens (tertiary/aromatic N) is 1. The summed E-state index contributed by atoms with van der Waals surface area (Å²) >= 11 is 0. The molecule has 2 fully saturated rings. The molecular formula is C39H38N2O9S2. The van der Waals surface area contributed by atoms with Crippen LogP contribution in [0.2, 0.25) is 0 Å². The van der Waals surface area contributed by atoms with Crippen molar-refractivity contribution < 1.29 is 44.6 Å². The lowest BCUT2D eigenvalue weighted by atomic mass is 9.56. The summed E-state index contributed by atoms with van der Waals surface area (Å²) in [5.41, 5.74) is 1.63. The van der Waals surface area contributed by atoms with E-state index in [1.807, 2.05) is 6.07 Å². The lowest BCUT2D eigenvalue weighted by Crippen LogP contribution is -2.70. The monoisotopic (exact) mass is 742 g/mol. The number of benzene rings is 1. The summed E-state index contributed by atoms with van der Waals surface area (Å²) < 4.78 is 12.3. The third-order valence-electron chi connectivity index (χ3n) is 13.0. The van der Waals surface area contributed by atoms with Crippen molar-refractivity contribution >= 4 is 44.5 Å². The van der Waals surface area contributed by atoms with Gasteiger partial charge in [-0.25, -0.2) is 4.98 Å². The van der Waals surface area contributed by atoms with E-state index in [4.69, 9.17) is 14.5 Å². The number of aromatic nitrogens is 1. The highest BCUT2D eigenvalue weighted by molar-refractivity contribution is 8.77. The second-order valence-corrected chi connectivity index (χ2v) is 18.0. The van der Waals surface area contributed by atoms with Crippen molar-refractivity contribution in [1.29, 1.82) is 0 Å². The van der Waals surface area contributed by atoms with Gasteiger partial charge in [-0.2, -0.15) is 0 Å². The minimum atomic E-state index is -2.23. The predicted molar refractivity (Wildman–Crippen MR) is 194 cm³/mol. The smallest absolute Gasteiger partial charge is 0.229 e. The molecule has 5 heterocycles. The van der Waals surface area contributed by atoms with Gasteiger partial charge in [0.1, 0.15) is 52.0 Å². The highest BCUT2D eigenvalue weighted by Crippen LogP contribution is 2.66. The van der Waals surface area contributed by atoms with E-state index in [-0.39, 0.29) is 51.9 Å². The number of rotatable bonds is 1. The second-order valence-electron chi connectivity index (χ2n) is 15.5. The molecule has 4 aliphatic heterocycles. The Kier molecular flexibility index (Phi) is 7.20. The van der Waals surface area contributed by atoms with E-state index in [9.17, 15) is 35.1 Å². The van der Waals surface area contributed by atoms with Crippen LogP contribution < -0.4 is 10.1 Å². The highest BCUT2D eigenvalue weighted by atomic mass is 33.1. The van der Waals surface area contributed by atoms with Crippen LogP contribution in [-0.4, -0.2) is 90.0 Å². The summed E-state index contributed by atoms with van der Waals surface area (Å²) in [6.07, 6.45) is 3.83. The van der Waals surface area contributed by atoms with Crippen molar-refractivity contribution in [2.75, 3.05) is 17.7 Å². The molecule has 2 spiro atoms. The molecule has 5 aliphatic carbocycles. The molecule has 1 saturated carbocycles. The number of carbonyl (C=O) groups excluding carboxylic acids is 2. The zero-order valence-electron chi connectivity index (χ0n) is 28.2. The Labute approximate surface area is 307 Å². The van der Waals surface area contributed by atoms with Gasteiger partial charge in [0.15, 0.2) is 11.6 Å². The fourth-order valence-corrected chi connectivity index (χ4v) is 13.7. The number of ether oxygens (including phenoxy) is 2. The third kappa shape index (κ3) is 4.10. The van der Waals surface area contributed by atoms with E-state index in [1.54, 1.807) is 42.1 Å². The van der Waals surface area contributed by atoms with E-state index in [1.165, 1.54) is 34.1 Å². The molecule has 1 saturated heterocycles. The van der Waals surface area contributed by atoms with Crippen molar-refractivity contribution in [3.63, 3.8) is 0 Å². The molecule has 0 radical (unpaired) electrons. The molecule has 10 unspecified atom stereocenters. The predicted octanol–water partition coefficient (Wildman–Crippen LogP) is 4.39. The first-order valence-corrected chi connectivity index (χ1v) is 20.2. The molecule has 13 heteroatoms. The summed E-state index contributed by atoms with van der Waals surface area (Å²) in [7, 11) is 2.96. The molecule has 1 aromatic heterocycles. The molecular weight excluding hydrogens is 705 g/mol. The fraction of sp³-hybridized carbons (Fsp3) is 0.462. The van der Waals surface area contributed by atoms with Crippen LogP contribution in [0.25, 0.3) is 5.57 Å². The van der Waals surface area contributed by atoms with Gasteiger partial charge in [0.25, 0.3) is 0 Å². The molecule has 1 aromatic carbocycles. The summed E-state index contributed by atoms with van der Waals surface area (Å²) in [4.78, 5) is 34.1. The molecule has 12 bridgehead atoms. The van der Waals surface area contributed by atoms with E-state index < -0.39 is 59.3 Å². The molecule has 270 valence electrons. The van der Waals surface area contributed by atoms with E-state index >= 15 is 0 Å². The van der Waals surface area contributed by atoms with Crippen LogP contribution in [0.1, 0.15) is 70.9 Å². The third-order valence-corrected chi connectivity index (χ3v) is 15.7. The van der Waals surface area contributed by atoms with Crippen LogP contribution in [0.3, 0.4) is 0 Å². The summed E-state index contributed by atoms with van der Waals surface area (Å²) in [6.45, 7) is 1.10. The molecule has 11 rings (SSSR count). The Hall–Kier alpha value is -3.43. The molecule has 11 nitrogen and oxygen atoms in total. The minimum absolute atomic E-state index is 0.00265. The Morgan fingerprint density at radius 1 is 1.13 bits per heavy atom. The Bertz CT molecular complexity index is 2110. The number of aliphatic hydroxyl groups excluding tert-OH is 4. The van der Waals surface area contributed by atoms with Gasteiger partial charge in [-0.15, -0.1) is 0 Å². The maximum Gasteiger partial charge on any atom is 0.229 e. The van der Waals surface area contributed by atoms with Gasteiger partial charge in [0.2, 0.25) is 6.29 Å². The van der Waals surface area contributed by atoms with Crippen molar-refractivity contribution in [2.24, 2.45) is 17.3 Å². The first-order chi connectivity index (χ1) is 25.0. The number of pyridine rings is 1. The second kappa shape index (κ2) is 11.3. The Morgan fingerprint density at radius 2 is 1.98 bits per heavy atom. The van der Waals surface area contributed by atoms with Crippen molar-refractivity contribution in [3.8, 4) is 5.75 Å². The van der Waals surface area contributed by atoms with Crippen molar-refractivity contribution in [2.45, 2.75) is 80.0 Å². The van der Waals surface area contributed by atoms with Crippen molar-refractivity contribution in [1.82, 2.24) is 4.98 Å². The molecule has 0 amide bonds. The SMILES string of the molecule is CC1=CC2C(=O)c3cccc4c3C(=O)C2(CSSC2Nc3nccc5c3C3=C2CC=C3C2CCCC52CC2(O)C(O)C(CO)OC(O4)C2O)C(O)=C1. The topological polar surface area (TPSA) is 179 Å². The number of carbonyl (C=O) groups is 2. The van der Waals surface area contributed by atoms with Crippen LogP contribution in [0.5, 0.6) is 5.75 Å².